The second-order valence-corrected chi connectivity index (χ2v) is 6.70. The van der Waals surface area contributed by atoms with Crippen LogP contribution in [0.15, 0.2) is 29.3 Å². The Kier molecular flexibility index (Phi) is 7.88. The van der Waals surface area contributed by atoms with E-state index in [2.05, 4.69) is 27.1 Å². The highest BCUT2D eigenvalue weighted by Crippen LogP contribution is 2.24. The van der Waals surface area contributed by atoms with Crippen LogP contribution in [0.2, 0.25) is 0 Å². The molecular weight excluding hydrogens is 457 g/mol. The van der Waals surface area contributed by atoms with Gasteiger partial charge in [-0.15, -0.1) is 24.0 Å². The van der Waals surface area contributed by atoms with Crippen LogP contribution in [0.3, 0.4) is 0 Å². The van der Waals surface area contributed by atoms with Crippen LogP contribution in [0.1, 0.15) is 19.7 Å². The van der Waals surface area contributed by atoms with Gasteiger partial charge in [0.25, 0.3) is 0 Å². The molecule has 0 saturated carbocycles. The van der Waals surface area contributed by atoms with Crippen molar-refractivity contribution in [1.29, 1.82) is 0 Å². The average Bonchev–Trinajstić information content (AvgIpc) is 3.23. The monoisotopic (exact) mass is 485 g/mol. The smallest absolute Gasteiger partial charge is 0.310 e. The first-order chi connectivity index (χ1) is 12.6. The van der Waals surface area contributed by atoms with Crippen molar-refractivity contribution in [2.75, 3.05) is 33.3 Å². The number of nitrogens with one attached hydrogen (secondary N) is 2. The lowest BCUT2D eigenvalue weighted by molar-refractivity contribution is -0.145. The molecule has 0 bridgehead atoms. The summed E-state index contributed by atoms with van der Waals surface area (Å²) in [4.78, 5) is 26.7. The second kappa shape index (κ2) is 9.91. The molecule has 1 fully saturated rings. The number of likely N-dealkylation sites (tertiary alicyclic amines) is 1. The molecule has 0 radical (unpaired) electrons. The fourth-order valence-corrected chi connectivity index (χ4v) is 3.42. The van der Waals surface area contributed by atoms with Gasteiger partial charge in [0.1, 0.15) is 5.82 Å². The number of fused-ring (bicyclic) bond motifs is 1. The van der Waals surface area contributed by atoms with Gasteiger partial charge >= 0.3 is 5.97 Å². The zero-order chi connectivity index (χ0) is 18.5. The predicted molar refractivity (Wildman–Crippen MR) is 117 cm³/mol. The number of benzene rings is 1. The van der Waals surface area contributed by atoms with Crippen molar-refractivity contribution in [2.24, 2.45) is 16.8 Å². The Hall–Kier alpha value is -1.84. The number of ether oxygens (including phenoxy) is 1. The average molecular weight is 485 g/mol. The van der Waals surface area contributed by atoms with E-state index in [-0.39, 0.29) is 41.8 Å². The minimum atomic E-state index is -0.141. The molecule has 2 N–H and O–H groups in total. The maximum absolute atomic E-state index is 11.9. The SMILES string of the molecule is CCNC(=NCCc1nc2ccccc2[nH]1)N1CC(C)C(C(=O)OC)C1.I. The Balaban J connectivity index is 0.00000261. The Labute approximate surface area is 177 Å². The number of esters is 1. The van der Waals surface area contributed by atoms with Crippen molar-refractivity contribution >= 4 is 46.9 Å². The first-order valence-electron chi connectivity index (χ1n) is 9.17. The van der Waals surface area contributed by atoms with Crippen LogP contribution in [0.5, 0.6) is 0 Å². The molecule has 27 heavy (non-hydrogen) atoms. The topological polar surface area (TPSA) is 82.6 Å². The Bertz CT molecular complexity index is 758. The normalized spacial score (nSPS) is 19.8. The van der Waals surface area contributed by atoms with Gasteiger partial charge in [-0.2, -0.15) is 0 Å². The molecule has 1 saturated heterocycles. The Morgan fingerprint density at radius 3 is 2.89 bits per heavy atom. The van der Waals surface area contributed by atoms with Crippen LogP contribution in [-0.2, 0) is 16.0 Å². The Morgan fingerprint density at radius 1 is 1.41 bits per heavy atom. The number of hydrogen-bond acceptors (Lipinski definition) is 4. The maximum atomic E-state index is 11.9. The zero-order valence-electron chi connectivity index (χ0n) is 16.1. The summed E-state index contributed by atoms with van der Waals surface area (Å²) in [6.07, 6.45) is 0.743. The third kappa shape index (κ3) is 5.12. The molecule has 3 rings (SSSR count). The fourth-order valence-electron chi connectivity index (χ4n) is 3.42. The molecular formula is C19H28IN5O2. The molecule has 0 amide bonds. The van der Waals surface area contributed by atoms with Crippen molar-refractivity contribution in [2.45, 2.75) is 20.3 Å². The van der Waals surface area contributed by atoms with Gasteiger partial charge in [-0.3, -0.25) is 9.79 Å². The zero-order valence-corrected chi connectivity index (χ0v) is 18.4. The minimum Gasteiger partial charge on any atom is -0.469 e. The number of carbonyl (C=O) groups excluding carboxylic acids is 1. The highest BCUT2D eigenvalue weighted by atomic mass is 127. The number of hydrogen-bond donors (Lipinski definition) is 2. The predicted octanol–water partition coefficient (Wildman–Crippen LogP) is 2.43. The summed E-state index contributed by atoms with van der Waals surface area (Å²) in [6.45, 7) is 7.00. The summed E-state index contributed by atoms with van der Waals surface area (Å²) in [5, 5.41) is 3.33. The number of carbonyl (C=O) groups is 1. The lowest BCUT2D eigenvalue weighted by atomic mass is 9.99. The molecule has 7 nitrogen and oxygen atoms in total. The highest BCUT2D eigenvalue weighted by molar-refractivity contribution is 14.0. The molecule has 1 aromatic heterocycles. The van der Waals surface area contributed by atoms with Crippen LogP contribution in [0, 0.1) is 11.8 Å². The fraction of sp³-hybridized carbons (Fsp3) is 0.526. The third-order valence-corrected chi connectivity index (χ3v) is 4.80. The lowest BCUT2D eigenvalue weighted by Gasteiger charge is -2.21. The molecule has 2 atom stereocenters. The number of guanidine groups is 1. The van der Waals surface area contributed by atoms with Crippen LogP contribution in [0.25, 0.3) is 11.0 Å². The summed E-state index contributed by atoms with van der Waals surface area (Å²) < 4.78 is 4.92. The molecule has 8 heteroatoms. The summed E-state index contributed by atoms with van der Waals surface area (Å²) in [5.74, 6) is 1.80. The number of rotatable bonds is 5. The first-order valence-corrected chi connectivity index (χ1v) is 9.17. The van der Waals surface area contributed by atoms with E-state index < -0.39 is 0 Å². The summed E-state index contributed by atoms with van der Waals surface area (Å²) in [7, 11) is 1.45. The number of aromatic nitrogens is 2. The first kappa shape index (κ1) is 21.5. The maximum Gasteiger partial charge on any atom is 0.310 e. The standard InChI is InChI=1S/C19H27N5O2.HI/c1-4-20-19(24-11-13(2)14(12-24)18(25)26-3)21-10-9-17-22-15-7-5-6-8-16(15)23-17;/h5-8,13-14H,4,9-12H2,1-3H3,(H,20,21)(H,22,23);1H. The van der Waals surface area contributed by atoms with Gasteiger partial charge in [0, 0.05) is 32.6 Å². The molecule has 1 aliphatic rings. The largest absolute Gasteiger partial charge is 0.469 e. The number of halogens is 1. The summed E-state index contributed by atoms with van der Waals surface area (Å²) in [5.41, 5.74) is 2.03. The number of imidazole rings is 1. The van der Waals surface area contributed by atoms with E-state index >= 15 is 0 Å². The van der Waals surface area contributed by atoms with Gasteiger partial charge in [-0.05, 0) is 25.0 Å². The van der Waals surface area contributed by atoms with Crippen molar-refractivity contribution in [3.05, 3.63) is 30.1 Å². The van der Waals surface area contributed by atoms with Crippen LogP contribution in [-0.4, -0.2) is 60.1 Å². The van der Waals surface area contributed by atoms with Gasteiger partial charge in [0.05, 0.1) is 24.1 Å². The third-order valence-electron chi connectivity index (χ3n) is 4.80. The van der Waals surface area contributed by atoms with E-state index in [1.165, 1.54) is 7.11 Å². The van der Waals surface area contributed by atoms with E-state index in [9.17, 15) is 4.79 Å². The number of methoxy groups -OCH3 is 1. The number of H-pyrrole nitrogens is 1. The van der Waals surface area contributed by atoms with E-state index in [4.69, 9.17) is 9.73 Å². The van der Waals surface area contributed by atoms with Gasteiger partial charge in [-0.25, -0.2) is 4.98 Å². The van der Waals surface area contributed by atoms with E-state index in [1.807, 2.05) is 31.2 Å². The molecule has 0 spiro atoms. The molecule has 2 unspecified atom stereocenters. The molecule has 2 aromatic rings. The molecule has 148 valence electrons. The summed E-state index contributed by atoms with van der Waals surface area (Å²) in [6, 6.07) is 8.01. The van der Waals surface area contributed by atoms with Gasteiger partial charge in [-0.1, -0.05) is 19.1 Å². The summed E-state index contributed by atoms with van der Waals surface area (Å²) >= 11 is 0. The number of nitrogens with zero attached hydrogens (tertiary/aromatic N) is 3. The van der Waals surface area contributed by atoms with Gasteiger partial charge in [0.2, 0.25) is 0 Å². The molecule has 1 aromatic carbocycles. The van der Waals surface area contributed by atoms with Crippen molar-refractivity contribution < 1.29 is 9.53 Å². The van der Waals surface area contributed by atoms with Crippen molar-refractivity contribution in [3.63, 3.8) is 0 Å². The van der Waals surface area contributed by atoms with E-state index in [0.29, 0.717) is 13.1 Å². The van der Waals surface area contributed by atoms with E-state index in [0.717, 1.165) is 42.3 Å². The Morgan fingerprint density at radius 2 is 2.19 bits per heavy atom. The number of aliphatic imine (C=N–C) groups is 1. The molecule has 0 aliphatic carbocycles. The highest BCUT2D eigenvalue weighted by Gasteiger charge is 2.36. The van der Waals surface area contributed by atoms with Crippen LogP contribution >= 0.6 is 24.0 Å². The lowest BCUT2D eigenvalue weighted by Crippen LogP contribution is -2.40. The van der Waals surface area contributed by atoms with E-state index in [1.54, 1.807) is 0 Å². The van der Waals surface area contributed by atoms with Crippen molar-refractivity contribution in [3.8, 4) is 0 Å². The number of aromatic amines is 1. The molecule has 2 heterocycles. The number of para-hydroxylation sites is 2. The van der Waals surface area contributed by atoms with Crippen LogP contribution in [0.4, 0.5) is 0 Å². The second-order valence-electron chi connectivity index (χ2n) is 6.70. The van der Waals surface area contributed by atoms with Crippen LogP contribution < -0.4 is 5.32 Å². The quantitative estimate of drug-likeness (QED) is 0.294. The minimum absolute atomic E-state index is 0. The van der Waals surface area contributed by atoms with Crippen molar-refractivity contribution in [1.82, 2.24) is 20.2 Å². The van der Waals surface area contributed by atoms with Gasteiger partial charge < -0.3 is 19.9 Å². The molecule has 1 aliphatic heterocycles. The van der Waals surface area contributed by atoms with Gasteiger partial charge in [0.15, 0.2) is 5.96 Å².